The molecule has 3 heterocycles. The fraction of sp³-hybridized carbons (Fsp3) is 0.714. The van der Waals surface area contributed by atoms with E-state index in [9.17, 15) is 0 Å². The van der Waals surface area contributed by atoms with E-state index in [1.807, 2.05) is 6.92 Å². The molecular formula is C14H22N4. The van der Waals surface area contributed by atoms with Crippen LogP contribution in [0.1, 0.15) is 31.4 Å². The molecule has 4 heteroatoms. The van der Waals surface area contributed by atoms with E-state index >= 15 is 0 Å². The number of hydrogen-bond donors (Lipinski definition) is 1. The molecule has 2 aliphatic rings. The van der Waals surface area contributed by atoms with Crippen LogP contribution in [-0.2, 0) is 0 Å². The molecular weight excluding hydrogens is 224 g/mol. The standard InChI is InChI=1S/C14H22N4/c1-12-2-3-13(17-16-12)18-10-6-14(7-11-18)4-8-15-9-5-14/h2-3,15H,4-11H2,1H3. The number of hydrogen-bond acceptors (Lipinski definition) is 4. The van der Waals surface area contributed by atoms with Crippen LogP contribution in [0.3, 0.4) is 0 Å². The largest absolute Gasteiger partial charge is 0.355 e. The van der Waals surface area contributed by atoms with Gasteiger partial charge in [-0.05, 0) is 63.2 Å². The highest BCUT2D eigenvalue weighted by Crippen LogP contribution is 2.40. The fourth-order valence-electron chi connectivity index (χ4n) is 3.23. The number of aryl methyl sites for hydroxylation is 1. The first kappa shape index (κ1) is 11.9. The number of nitrogens with zero attached hydrogens (tertiary/aromatic N) is 3. The van der Waals surface area contributed by atoms with Crippen molar-refractivity contribution in [3.63, 3.8) is 0 Å². The summed E-state index contributed by atoms with van der Waals surface area (Å²) in [6.45, 7) is 6.65. The van der Waals surface area contributed by atoms with Gasteiger partial charge in [-0.15, -0.1) is 5.10 Å². The molecule has 0 unspecified atom stereocenters. The van der Waals surface area contributed by atoms with Gasteiger partial charge in [0.2, 0.25) is 0 Å². The summed E-state index contributed by atoms with van der Waals surface area (Å²) >= 11 is 0. The maximum absolute atomic E-state index is 4.30. The Morgan fingerprint density at radius 3 is 2.39 bits per heavy atom. The summed E-state index contributed by atoms with van der Waals surface area (Å²) in [5.41, 5.74) is 1.60. The predicted octanol–water partition coefficient (Wildman–Crippen LogP) is 1.76. The third-order valence-electron chi connectivity index (χ3n) is 4.60. The second kappa shape index (κ2) is 4.84. The molecule has 1 spiro atoms. The van der Waals surface area contributed by atoms with Crippen molar-refractivity contribution in [1.82, 2.24) is 15.5 Å². The van der Waals surface area contributed by atoms with Gasteiger partial charge in [0, 0.05) is 13.1 Å². The second-order valence-corrected chi connectivity index (χ2v) is 5.77. The molecule has 2 saturated heterocycles. The predicted molar refractivity (Wildman–Crippen MR) is 72.8 cm³/mol. The number of anilines is 1. The molecule has 2 aliphatic heterocycles. The Morgan fingerprint density at radius 2 is 1.78 bits per heavy atom. The van der Waals surface area contributed by atoms with Crippen LogP contribution in [0.2, 0.25) is 0 Å². The Balaban J connectivity index is 1.64. The Morgan fingerprint density at radius 1 is 1.06 bits per heavy atom. The minimum atomic E-state index is 0.611. The molecule has 0 saturated carbocycles. The third-order valence-corrected chi connectivity index (χ3v) is 4.60. The van der Waals surface area contributed by atoms with Crippen molar-refractivity contribution in [3.8, 4) is 0 Å². The topological polar surface area (TPSA) is 41.0 Å². The van der Waals surface area contributed by atoms with Gasteiger partial charge in [0.25, 0.3) is 0 Å². The summed E-state index contributed by atoms with van der Waals surface area (Å²) in [6, 6.07) is 4.15. The number of piperidine rings is 2. The van der Waals surface area contributed by atoms with Gasteiger partial charge in [-0.25, -0.2) is 0 Å². The molecule has 0 amide bonds. The maximum atomic E-state index is 4.30. The quantitative estimate of drug-likeness (QED) is 0.819. The summed E-state index contributed by atoms with van der Waals surface area (Å²) in [7, 11) is 0. The second-order valence-electron chi connectivity index (χ2n) is 5.77. The normalized spacial score (nSPS) is 23.3. The molecule has 1 N–H and O–H groups in total. The lowest BCUT2D eigenvalue weighted by Crippen LogP contribution is -2.45. The average molecular weight is 246 g/mol. The lowest BCUT2D eigenvalue weighted by Gasteiger charge is -2.44. The van der Waals surface area contributed by atoms with Crippen molar-refractivity contribution in [2.45, 2.75) is 32.6 Å². The minimum Gasteiger partial charge on any atom is -0.355 e. The Bertz CT molecular complexity index is 385. The number of rotatable bonds is 1. The maximum Gasteiger partial charge on any atom is 0.151 e. The Hall–Kier alpha value is -1.16. The molecule has 3 rings (SSSR count). The van der Waals surface area contributed by atoms with Crippen LogP contribution in [0.15, 0.2) is 12.1 Å². The highest BCUT2D eigenvalue weighted by atomic mass is 15.3. The molecule has 4 nitrogen and oxygen atoms in total. The molecule has 1 aromatic rings. The molecule has 0 aromatic carbocycles. The van der Waals surface area contributed by atoms with Crippen LogP contribution >= 0.6 is 0 Å². The van der Waals surface area contributed by atoms with Crippen molar-refractivity contribution in [1.29, 1.82) is 0 Å². The Kier molecular flexibility index (Phi) is 3.20. The van der Waals surface area contributed by atoms with E-state index in [1.165, 1.54) is 38.8 Å². The highest BCUT2D eigenvalue weighted by Gasteiger charge is 2.35. The van der Waals surface area contributed by atoms with Gasteiger partial charge >= 0.3 is 0 Å². The fourth-order valence-corrected chi connectivity index (χ4v) is 3.23. The van der Waals surface area contributed by atoms with E-state index in [0.717, 1.165) is 24.6 Å². The minimum absolute atomic E-state index is 0.611. The van der Waals surface area contributed by atoms with Crippen molar-refractivity contribution in [2.24, 2.45) is 5.41 Å². The van der Waals surface area contributed by atoms with Gasteiger partial charge in [0.15, 0.2) is 5.82 Å². The molecule has 1 aromatic heterocycles. The summed E-state index contributed by atoms with van der Waals surface area (Å²) < 4.78 is 0. The number of nitrogens with one attached hydrogen (secondary N) is 1. The highest BCUT2D eigenvalue weighted by molar-refractivity contribution is 5.37. The first-order valence-electron chi connectivity index (χ1n) is 7.04. The van der Waals surface area contributed by atoms with Crippen LogP contribution in [-0.4, -0.2) is 36.4 Å². The van der Waals surface area contributed by atoms with Crippen molar-refractivity contribution < 1.29 is 0 Å². The molecule has 0 aliphatic carbocycles. The van der Waals surface area contributed by atoms with Crippen LogP contribution in [0.4, 0.5) is 5.82 Å². The van der Waals surface area contributed by atoms with Crippen LogP contribution < -0.4 is 10.2 Å². The summed E-state index contributed by atoms with van der Waals surface area (Å²) in [5, 5.41) is 11.9. The van der Waals surface area contributed by atoms with Crippen LogP contribution in [0.25, 0.3) is 0 Å². The monoisotopic (exact) mass is 246 g/mol. The zero-order chi connectivity index (χ0) is 12.4. The smallest absolute Gasteiger partial charge is 0.151 e. The third kappa shape index (κ3) is 2.34. The van der Waals surface area contributed by atoms with Gasteiger partial charge in [-0.1, -0.05) is 0 Å². The van der Waals surface area contributed by atoms with Crippen molar-refractivity contribution in [2.75, 3.05) is 31.1 Å². The summed E-state index contributed by atoms with van der Waals surface area (Å²) in [5.74, 6) is 1.05. The average Bonchev–Trinajstić information content (AvgIpc) is 2.42. The van der Waals surface area contributed by atoms with Gasteiger partial charge in [-0.2, -0.15) is 5.10 Å². The molecule has 98 valence electrons. The van der Waals surface area contributed by atoms with E-state index in [-0.39, 0.29) is 0 Å². The van der Waals surface area contributed by atoms with E-state index in [2.05, 4.69) is 32.5 Å². The summed E-state index contributed by atoms with van der Waals surface area (Å²) in [4.78, 5) is 2.39. The van der Waals surface area contributed by atoms with Crippen molar-refractivity contribution in [3.05, 3.63) is 17.8 Å². The Labute approximate surface area is 109 Å². The molecule has 0 radical (unpaired) electrons. The van der Waals surface area contributed by atoms with E-state index in [1.54, 1.807) is 0 Å². The molecule has 0 bridgehead atoms. The lowest BCUT2D eigenvalue weighted by molar-refractivity contribution is 0.154. The van der Waals surface area contributed by atoms with Gasteiger partial charge in [0.05, 0.1) is 5.69 Å². The first-order valence-corrected chi connectivity index (χ1v) is 7.04. The van der Waals surface area contributed by atoms with E-state index in [4.69, 9.17) is 0 Å². The van der Waals surface area contributed by atoms with Crippen molar-refractivity contribution >= 4 is 5.82 Å². The van der Waals surface area contributed by atoms with Gasteiger partial charge in [0.1, 0.15) is 0 Å². The molecule has 2 fully saturated rings. The molecule has 18 heavy (non-hydrogen) atoms. The summed E-state index contributed by atoms with van der Waals surface area (Å²) in [6.07, 6.45) is 5.31. The van der Waals surface area contributed by atoms with Crippen LogP contribution in [0, 0.1) is 12.3 Å². The zero-order valence-corrected chi connectivity index (χ0v) is 11.2. The van der Waals surface area contributed by atoms with Crippen LogP contribution in [0.5, 0.6) is 0 Å². The van der Waals surface area contributed by atoms with Gasteiger partial charge < -0.3 is 10.2 Å². The number of aromatic nitrogens is 2. The van der Waals surface area contributed by atoms with Gasteiger partial charge in [-0.3, -0.25) is 0 Å². The SMILES string of the molecule is Cc1ccc(N2CCC3(CCNCC3)CC2)nn1. The zero-order valence-electron chi connectivity index (χ0n) is 11.2. The molecule has 0 atom stereocenters. The first-order chi connectivity index (χ1) is 8.77. The lowest BCUT2D eigenvalue weighted by atomic mass is 9.71. The van der Waals surface area contributed by atoms with E-state index < -0.39 is 0 Å². The van der Waals surface area contributed by atoms with E-state index in [0.29, 0.717) is 5.41 Å².